The lowest BCUT2D eigenvalue weighted by Gasteiger charge is -2.15. The lowest BCUT2D eigenvalue weighted by atomic mass is 9.98. The van der Waals surface area contributed by atoms with Crippen LogP contribution in [0.15, 0.2) is 36.7 Å². The van der Waals surface area contributed by atoms with Gasteiger partial charge < -0.3 is 11.1 Å². The predicted octanol–water partition coefficient (Wildman–Crippen LogP) is 0.544. The van der Waals surface area contributed by atoms with Crippen LogP contribution >= 0.6 is 12.2 Å². The summed E-state index contributed by atoms with van der Waals surface area (Å²) in [7, 11) is 1.80. The number of nitrogens with zero attached hydrogens (tertiary/aromatic N) is 3. The van der Waals surface area contributed by atoms with Crippen molar-refractivity contribution in [1.82, 2.24) is 20.1 Å². The van der Waals surface area contributed by atoms with Crippen molar-refractivity contribution >= 4 is 23.1 Å². The Morgan fingerprint density at radius 1 is 1.43 bits per heavy atom. The second kappa shape index (κ2) is 6.94. The van der Waals surface area contributed by atoms with Gasteiger partial charge in [0.1, 0.15) is 12.2 Å². The normalized spacial score (nSPS) is 11.9. The molecule has 3 N–H and O–H groups in total. The molecule has 110 valence electrons. The SMILES string of the molecule is Cn1cnc(CCNC(=O)C(C(N)=S)c2ccccc2)n1. The second-order valence-corrected chi connectivity index (χ2v) is 5.09. The van der Waals surface area contributed by atoms with Gasteiger partial charge in [0.05, 0.1) is 4.99 Å². The van der Waals surface area contributed by atoms with Gasteiger partial charge in [-0.15, -0.1) is 0 Å². The highest BCUT2D eigenvalue weighted by Crippen LogP contribution is 2.16. The molecule has 0 saturated heterocycles. The van der Waals surface area contributed by atoms with E-state index in [1.807, 2.05) is 30.3 Å². The van der Waals surface area contributed by atoms with Crippen LogP contribution in [-0.4, -0.2) is 32.2 Å². The number of benzene rings is 1. The fraction of sp³-hybridized carbons (Fsp3) is 0.286. The Kier molecular flexibility index (Phi) is 4.99. The maximum Gasteiger partial charge on any atom is 0.234 e. The third-order valence-electron chi connectivity index (χ3n) is 2.97. The summed E-state index contributed by atoms with van der Waals surface area (Å²) in [6.45, 7) is 0.439. The van der Waals surface area contributed by atoms with E-state index in [-0.39, 0.29) is 10.9 Å². The first kappa shape index (κ1) is 15.1. The Morgan fingerprint density at radius 2 is 2.14 bits per heavy atom. The number of hydrogen-bond donors (Lipinski definition) is 2. The van der Waals surface area contributed by atoms with Gasteiger partial charge in [-0.05, 0) is 5.56 Å². The van der Waals surface area contributed by atoms with Gasteiger partial charge in [0.15, 0.2) is 5.82 Å². The zero-order valence-corrected chi connectivity index (χ0v) is 12.5. The van der Waals surface area contributed by atoms with Crippen LogP contribution in [0.4, 0.5) is 0 Å². The molecule has 0 saturated carbocycles. The first-order valence-electron chi connectivity index (χ1n) is 6.54. The minimum absolute atomic E-state index is 0.162. The van der Waals surface area contributed by atoms with E-state index in [1.54, 1.807) is 18.1 Å². The van der Waals surface area contributed by atoms with Gasteiger partial charge in [-0.3, -0.25) is 9.48 Å². The highest BCUT2D eigenvalue weighted by atomic mass is 32.1. The first-order valence-corrected chi connectivity index (χ1v) is 6.95. The van der Waals surface area contributed by atoms with Gasteiger partial charge in [0.2, 0.25) is 5.91 Å². The van der Waals surface area contributed by atoms with Gasteiger partial charge in [0, 0.05) is 20.0 Å². The molecular formula is C14H17N5OS. The van der Waals surface area contributed by atoms with Crippen molar-refractivity contribution in [2.24, 2.45) is 12.8 Å². The summed E-state index contributed by atoms with van der Waals surface area (Å²) in [4.78, 5) is 16.5. The molecule has 0 aliphatic carbocycles. The van der Waals surface area contributed by atoms with Crippen molar-refractivity contribution in [3.05, 3.63) is 48.0 Å². The maximum absolute atomic E-state index is 12.3. The highest BCUT2D eigenvalue weighted by molar-refractivity contribution is 7.80. The summed E-state index contributed by atoms with van der Waals surface area (Å²) in [6.07, 6.45) is 2.18. The van der Waals surface area contributed by atoms with Crippen LogP contribution in [0.3, 0.4) is 0 Å². The highest BCUT2D eigenvalue weighted by Gasteiger charge is 2.22. The van der Waals surface area contributed by atoms with Crippen LogP contribution < -0.4 is 11.1 Å². The molecule has 1 unspecified atom stereocenters. The van der Waals surface area contributed by atoms with Crippen LogP contribution in [0, 0.1) is 0 Å². The van der Waals surface area contributed by atoms with Gasteiger partial charge >= 0.3 is 0 Å². The van der Waals surface area contributed by atoms with E-state index in [2.05, 4.69) is 15.4 Å². The molecule has 0 spiro atoms. The molecule has 1 aromatic carbocycles. The summed E-state index contributed by atoms with van der Waals surface area (Å²) < 4.78 is 1.62. The number of hydrogen-bond acceptors (Lipinski definition) is 4. The molecule has 1 heterocycles. The summed E-state index contributed by atoms with van der Waals surface area (Å²) in [5, 5.41) is 6.97. The summed E-state index contributed by atoms with van der Waals surface area (Å²) in [6, 6.07) is 9.26. The van der Waals surface area contributed by atoms with Crippen LogP contribution in [0.2, 0.25) is 0 Å². The second-order valence-electron chi connectivity index (χ2n) is 4.62. The average molecular weight is 303 g/mol. The zero-order chi connectivity index (χ0) is 15.2. The lowest BCUT2D eigenvalue weighted by molar-refractivity contribution is -0.121. The number of amides is 1. The molecule has 6 nitrogen and oxygen atoms in total. The third-order valence-corrected chi connectivity index (χ3v) is 3.21. The van der Waals surface area contributed by atoms with Crippen molar-refractivity contribution < 1.29 is 4.79 Å². The molecular weight excluding hydrogens is 286 g/mol. The standard InChI is InChI=1S/C14H17N5OS/c1-19-9-17-11(18-19)7-8-16-14(20)12(13(15)21)10-5-3-2-4-6-10/h2-6,9,12H,7-8H2,1H3,(H2,15,21)(H,16,20). The Hall–Kier alpha value is -2.28. The van der Waals surface area contributed by atoms with Crippen molar-refractivity contribution in [2.45, 2.75) is 12.3 Å². The Bertz CT molecular complexity index is 625. The smallest absolute Gasteiger partial charge is 0.234 e. The predicted molar refractivity (Wildman–Crippen MR) is 83.7 cm³/mol. The van der Waals surface area contributed by atoms with Crippen molar-refractivity contribution in [3.63, 3.8) is 0 Å². The van der Waals surface area contributed by atoms with Crippen LogP contribution in [0.1, 0.15) is 17.3 Å². The van der Waals surface area contributed by atoms with Gasteiger partial charge in [0.25, 0.3) is 0 Å². The summed E-state index contributed by atoms with van der Waals surface area (Å²) in [5.74, 6) is -0.132. The minimum Gasteiger partial charge on any atom is -0.392 e. The quantitative estimate of drug-likeness (QED) is 0.761. The van der Waals surface area contributed by atoms with E-state index >= 15 is 0 Å². The third kappa shape index (κ3) is 4.09. The zero-order valence-electron chi connectivity index (χ0n) is 11.7. The molecule has 2 rings (SSSR count). The molecule has 0 fully saturated rings. The van der Waals surface area contributed by atoms with E-state index in [0.717, 1.165) is 5.56 Å². The van der Waals surface area contributed by atoms with E-state index in [0.29, 0.717) is 18.8 Å². The maximum atomic E-state index is 12.3. The molecule has 0 aliphatic rings. The van der Waals surface area contributed by atoms with Crippen molar-refractivity contribution in [2.75, 3.05) is 6.54 Å². The number of nitrogens with two attached hydrogens (primary N) is 1. The van der Waals surface area contributed by atoms with E-state index < -0.39 is 5.92 Å². The summed E-state index contributed by atoms with van der Waals surface area (Å²) in [5.41, 5.74) is 6.49. The molecule has 7 heteroatoms. The minimum atomic E-state index is -0.613. The van der Waals surface area contributed by atoms with Crippen LogP contribution in [0.25, 0.3) is 0 Å². The van der Waals surface area contributed by atoms with E-state index in [1.165, 1.54) is 0 Å². The topological polar surface area (TPSA) is 85.8 Å². The van der Waals surface area contributed by atoms with Crippen molar-refractivity contribution in [3.8, 4) is 0 Å². The fourth-order valence-corrected chi connectivity index (χ4v) is 2.23. The fourth-order valence-electron chi connectivity index (χ4n) is 1.99. The number of rotatable bonds is 6. The number of carbonyl (C=O) groups excluding carboxylic acids is 1. The van der Waals surface area contributed by atoms with Gasteiger partial charge in [-0.1, -0.05) is 42.5 Å². The molecule has 1 amide bonds. The first-order chi connectivity index (χ1) is 10.1. The van der Waals surface area contributed by atoms with E-state index in [4.69, 9.17) is 18.0 Å². The Labute approximate surface area is 128 Å². The number of nitrogens with one attached hydrogen (secondary N) is 1. The van der Waals surface area contributed by atoms with E-state index in [9.17, 15) is 4.79 Å². The Balaban J connectivity index is 1.95. The number of aryl methyl sites for hydroxylation is 1. The number of thiocarbonyl (C=S) groups is 1. The van der Waals surface area contributed by atoms with Gasteiger partial charge in [-0.2, -0.15) is 5.10 Å². The molecule has 1 aromatic heterocycles. The molecule has 21 heavy (non-hydrogen) atoms. The molecule has 0 bridgehead atoms. The van der Waals surface area contributed by atoms with Crippen molar-refractivity contribution in [1.29, 1.82) is 0 Å². The van der Waals surface area contributed by atoms with Crippen LogP contribution in [0.5, 0.6) is 0 Å². The summed E-state index contributed by atoms with van der Waals surface area (Å²) >= 11 is 5.01. The molecule has 0 aliphatic heterocycles. The molecule has 2 aromatic rings. The molecule has 0 radical (unpaired) electrons. The lowest BCUT2D eigenvalue weighted by Crippen LogP contribution is -2.37. The largest absolute Gasteiger partial charge is 0.392 e. The van der Waals surface area contributed by atoms with Gasteiger partial charge in [-0.25, -0.2) is 4.98 Å². The molecule has 1 atom stereocenters. The van der Waals surface area contributed by atoms with Crippen LogP contribution in [-0.2, 0) is 18.3 Å². The Morgan fingerprint density at radius 3 is 2.71 bits per heavy atom. The number of carbonyl (C=O) groups is 1. The monoisotopic (exact) mass is 303 g/mol. The average Bonchev–Trinajstić information content (AvgIpc) is 2.85. The number of aromatic nitrogens is 3.